The van der Waals surface area contributed by atoms with E-state index in [4.69, 9.17) is 37.4 Å². The first-order chi connectivity index (χ1) is 14.0. The van der Waals surface area contributed by atoms with Gasteiger partial charge in [-0.2, -0.15) is 4.99 Å². The number of fused-ring (bicyclic) bond motifs is 2. The van der Waals surface area contributed by atoms with E-state index in [2.05, 4.69) is 4.99 Å². The molecule has 7 nitrogen and oxygen atoms in total. The van der Waals surface area contributed by atoms with Crippen molar-refractivity contribution >= 4 is 56.6 Å². The molecule has 1 amide bonds. The average molecular weight is 453 g/mol. The van der Waals surface area contributed by atoms with Crippen LogP contribution in [0.15, 0.2) is 35.3 Å². The Labute approximate surface area is 179 Å². The topological polar surface area (TPSA) is 79.1 Å². The van der Waals surface area contributed by atoms with E-state index >= 15 is 0 Å². The molecule has 1 aromatic heterocycles. The minimum atomic E-state index is -0.545. The highest BCUT2D eigenvalue weighted by Crippen LogP contribution is 2.37. The fraction of sp³-hybridized carbons (Fsp3) is 0.211. The standard InChI is InChI=1S/C19H14Cl2N2O5S/c1-2-26-17(24)8-23-13-6-14-15(28-9-27-14)7-16(13)29-19(23)22-18(25)11-4-3-10(20)5-12(11)21/h3-7H,2,8-9H2,1H3. The van der Waals surface area contributed by atoms with Crippen molar-refractivity contribution in [2.45, 2.75) is 13.5 Å². The summed E-state index contributed by atoms with van der Waals surface area (Å²) >= 11 is 13.3. The van der Waals surface area contributed by atoms with Crippen LogP contribution in [0.25, 0.3) is 10.2 Å². The van der Waals surface area contributed by atoms with E-state index in [1.165, 1.54) is 23.5 Å². The Morgan fingerprint density at radius 2 is 1.97 bits per heavy atom. The predicted molar refractivity (Wildman–Crippen MR) is 109 cm³/mol. The van der Waals surface area contributed by atoms with Crippen molar-refractivity contribution in [2.75, 3.05) is 13.4 Å². The number of aromatic nitrogens is 1. The first kappa shape index (κ1) is 19.8. The summed E-state index contributed by atoms with van der Waals surface area (Å²) in [6, 6.07) is 8.10. The summed E-state index contributed by atoms with van der Waals surface area (Å²) in [6.45, 7) is 2.01. The van der Waals surface area contributed by atoms with Gasteiger partial charge in [0.2, 0.25) is 6.79 Å². The molecule has 4 rings (SSSR count). The van der Waals surface area contributed by atoms with Gasteiger partial charge >= 0.3 is 5.97 Å². The summed E-state index contributed by atoms with van der Waals surface area (Å²) in [7, 11) is 0. The summed E-state index contributed by atoms with van der Waals surface area (Å²) in [4.78, 5) is 29.4. The van der Waals surface area contributed by atoms with Crippen LogP contribution in [0.3, 0.4) is 0 Å². The van der Waals surface area contributed by atoms with E-state index in [1.807, 2.05) is 0 Å². The zero-order valence-corrected chi connectivity index (χ0v) is 17.4. The lowest BCUT2D eigenvalue weighted by molar-refractivity contribution is -0.143. The molecule has 1 aliphatic heterocycles. The number of hydrogen-bond acceptors (Lipinski definition) is 6. The van der Waals surface area contributed by atoms with Gasteiger partial charge in [-0.3, -0.25) is 9.59 Å². The zero-order valence-electron chi connectivity index (χ0n) is 15.1. The molecule has 29 heavy (non-hydrogen) atoms. The predicted octanol–water partition coefficient (Wildman–Crippen LogP) is 4.04. The molecule has 0 saturated heterocycles. The van der Waals surface area contributed by atoms with E-state index in [-0.39, 0.29) is 30.5 Å². The van der Waals surface area contributed by atoms with Crippen LogP contribution in [0, 0.1) is 0 Å². The molecule has 0 N–H and O–H groups in total. The Hall–Kier alpha value is -2.55. The van der Waals surface area contributed by atoms with Gasteiger partial charge in [-0.05, 0) is 25.1 Å². The minimum Gasteiger partial charge on any atom is -0.465 e. The molecule has 0 aliphatic carbocycles. The summed E-state index contributed by atoms with van der Waals surface area (Å²) in [5.74, 6) is 0.173. The molecule has 0 atom stereocenters. The van der Waals surface area contributed by atoms with Crippen LogP contribution >= 0.6 is 34.5 Å². The lowest BCUT2D eigenvalue weighted by Crippen LogP contribution is -2.23. The Morgan fingerprint density at radius 3 is 2.69 bits per heavy atom. The van der Waals surface area contributed by atoms with Gasteiger partial charge in [-0.15, -0.1) is 0 Å². The Balaban J connectivity index is 1.84. The van der Waals surface area contributed by atoms with Crippen LogP contribution in [0.1, 0.15) is 17.3 Å². The summed E-state index contributed by atoms with van der Waals surface area (Å²) in [5.41, 5.74) is 0.895. The number of benzene rings is 2. The second kappa shape index (κ2) is 8.06. The number of thiazole rings is 1. The molecule has 10 heteroatoms. The Morgan fingerprint density at radius 1 is 1.21 bits per heavy atom. The first-order valence-electron chi connectivity index (χ1n) is 8.59. The molecule has 0 saturated carbocycles. The molecule has 150 valence electrons. The maximum atomic E-state index is 12.7. The van der Waals surface area contributed by atoms with Gasteiger partial charge in [0.25, 0.3) is 5.91 Å². The van der Waals surface area contributed by atoms with E-state index in [1.54, 1.807) is 29.7 Å². The van der Waals surface area contributed by atoms with Gasteiger partial charge in [0.05, 0.1) is 27.4 Å². The van der Waals surface area contributed by atoms with E-state index in [9.17, 15) is 9.59 Å². The van der Waals surface area contributed by atoms with Crippen LogP contribution in [-0.2, 0) is 16.1 Å². The van der Waals surface area contributed by atoms with Crippen LogP contribution in [0.4, 0.5) is 0 Å². The monoisotopic (exact) mass is 452 g/mol. The van der Waals surface area contributed by atoms with Crippen molar-refractivity contribution in [3.63, 3.8) is 0 Å². The summed E-state index contributed by atoms with van der Waals surface area (Å²) in [5, 5.41) is 0.616. The Kier molecular flexibility index (Phi) is 5.49. The quantitative estimate of drug-likeness (QED) is 0.558. The number of carbonyl (C=O) groups excluding carboxylic acids is 2. The number of ether oxygens (including phenoxy) is 3. The third-order valence-corrected chi connectivity index (χ3v) is 5.72. The molecule has 1 aliphatic rings. The molecule has 3 aromatic rings. The van der Waals surface area contributed by atoms with Crippen molar-refractivity contribution in [1.82, 2.24) is 4.57 Å². The van der Waals surface area contributed by atoms with Gasteiger partial charge in [-0.1, -0.05) is 34.5 Å². The van der Waals surface area contributed by atoms with Gasteiger partial charge < -0.3 is 18.8 Å². The highest BCUT2D eigenvalue weighted by molar-refractivity contribution is 7.16. The molecule has 2 heterocycles. The van der Waals surface area contributed by atoms with Crippen LogP contribution < -0.4 is 14.3 Å². The van der Waals surface area contributed by atoms with Crippen LogP contribution in [0.2, 0.25) is 10.0 Å². The van der Waals surface area contributed by atoms with Gasteiger partial charge in [0.15, 0.2) is 16.3 Å². The maximum Gasteiger partial charge on any atom is 0.326 e. The lowest BCUT2D eigenvalue weighted by Gasteiger charge is -2.06. The van der Waals surface area contributed by atoms with Crippen molar-refractivity contribution in [1.29, 1.82) is 0 Å². The van der Waals surface area contributed by atoms with Gasteiger partial charge in [0, 0.05) is 17.2 Å². The zero-order chi connectivity index (χ0) is 20.5. The molecule has 0 bridgehead atoms. The second-order valence-corrected chi connectivity index (χ2v) is 7.84. The van der Waals surface area contributed by atoms with E-state index in [0.29, 0.717) is 26.8 Å². The molecular weight excluding hydrogens is 439 g/mol. The smallest absolute Gasteiger partial charge is 0.326 e. The fourth-order valence-electron chi connectivity index (χ4n) is 2.84. The van der Waals surface area contributed by atoms with Crippen LogP contribution in [0.5, 0.6) is 11.5 Å². The number of hydrogen-bond donors (Lipinski definition) is 0. The highest BCUT2D eigenvalue weighted by atomic mass is 35.5. The summed E-state index contributed by atoms with van der Waals surface area (Å²) < 4.78 is 18.3. The molecule has 0 unspecified atom stereocenters. The second-order valence-electron chi connectivity index (χ2n) is 5.99. The largest absolute Gasteiger partial charge is 0.465 e. The number of amides is 1. The molecule has 2 aromatic carbocycles. The summed E-state index contributed by atoms with van der Waals surface area (Å²) in [6.07, 6.45) is 0. The average Bonchev–Trinajstić information content (AvgIpc) is 3.24. The number of rotatable bonds is 4. The molecular formula is C19H14Cl2N2O5S. The third kappa shape index (κ3) is 3.96. The van der Waals surface area contributed by atoms with Gasteiger partial charge in [-0.25, -0.2) is 0 Å². The van der Waals surface area contributed by atoms with Crippen molar-refractivity contribution in [3.05, 3.63) is 50.7 Å². The number of carbonyl (C=O) groups is 2. The number of halogens is 2. The third-order valence-electron chi connectivity index (χ3n) is 4.13. The minimum absolute atomic E-state index is 0.103. The van der Waals surface area contributed by atoms with Crippen molar-refractivity contribution in [3.8, 4) is 11.5 Å². The van der Waals surface area contributed by atoms with E-state index < -0.39 is 11.9 Å². The number of nitrogens with zero attached hydrogens (tertiary/aromatic N) is 2. The SMILES string of the molecule is CCOC(=O)Cn1c(=NC(=O)c2ccc(Cl)cc2Cl)sc2cc3c(cc21)OCO3. The molecule has 0 radical (unpaired) electrons. The normalized spacial score (nSPS) is 13.1. The first-order valence-corrected chi connectivity index (χ1v) is 10.2. The van der Waals surface area contributed by atoms with Crippen molar-refractivity contribution in [2.24, 2.45) is 4.99 Å². The molecule has 0 spiro atoms. The highest BCUT2D eigenvalue weighted by Gasteiger charge is 2.20. The maximum absolute atomic E-state index is 12.7. The van der Waals surface area contributed by atoms with E-state index in [0.717, 1.165) is 4.70 Å². The molecule has 0 fully saturated rings. The van der Waals surface area contributed by atoms with Gasteiger partial charge in [0.1, 0.15) is 6.54 Å². The van der Waals surface area contributed by atoms with Crippen LogP contribution in [-0.4, -0.2) is 29.8 Å². The lowest BCUT2D eigenvalue weighted by atomic mass is 10.2. The Bertz CT molecular complexity index is 1200. The fourth-order valence-corrected chi connectivity index (χ4v) is 4.37. The number of esters is 1. The van der Waals surface area contributed by atoms with Crippen molar-refractivity contribution < 1.29 is 23.8 Å².